The van der Waals surface area contributed by atoms with E-state index >= 15 is 0 Å². The average Bonchev–Trinajstić information content (AvgIpc) is 3.34. The lowest BCUT2D eigenvalue weighted by Crippen LogP contribution is -2.47. The van der Waals surface area contributed by atoms with E-state index in [1.807, 2.05) is 53.0 Å². The van der Waals surface area contributed by atoms with Crippen LogP contribution in [0.4, 0.5) is 10.2 Å². The fraction of sp³-hybridized carbons (Fsp3) is 0.200. The van der Waals surface area contributed by atoms with Crippen LogP contribution in [0.3, 0.4) is 0 Å². The highest BCUT2D eigenvalue weighted by Crippen LogP contribution is 2.37. The third-order valence-corrected chi connectivity index (χ3v) is 6.93. The normalized spacial score (nSPS) is 14.4. The molecule has 0 atom stereocenters. The number of rotatable bonds is 6. The van der Waals surface area contributed by atoms with Crippen molar-refractivity contribution in [2.45, 2.75) is 0 Å². The summed E-state index contributed by atoms with van der Waals surface area (Å²) >= 11 is 0. The number of aromatic nitrogens is 3. The molecule has 0 bridgehead atoms. The van der Waals surface area contributed by atoms with E-state index in [0.29, 0.717) is 6.54 Å². The van der Waals surface area contributed by atoms with Crippen LogP contribution in [0.25, 0.3) is 39.3 Å². The molecule has 1 aliphatic rings. The quantitative estimate of drug-likeness (QED) is 0.362. The molecule has 6 rings (SSSR count). The minimum absolute atomic E-state index is 0.165. The molecule has 0 amide bonds. The summed E-state index contributed by atoms with van der Waals surface area (Å²) in [6, 6.07) is 28.9. The Morgan fingerprint density at radius 3 is 2.05 bits per heavy atom. The molecular weight excluding hydrogens is 465 g/mol. The third kappa shape index (κ3) is 4.59. The number of fused-ring (bicyclic) bond motifs is 1. The molecule has 1 N–H and O–H groups in total. The second-order valence-electron chi connectivity index (χ2n) is 9.25. The number of aliphatic hydroxyl groups excluding tert-OH is 1. The van der Waals surface area contributed by atoms with Gasteiger partial charge in [-0.15, -0.1) is 0 Å². The summed E-state index contributed by atoms with van der Waals surface area (Å²) in [6.07, 6.45) is 0. The van der Waals surface area contributed by atoms with Gasteiger partial charge < -0.3 is 10.0 Å². The largest absolute Gasteiger partial charge is 0.395 e. The zero-order chi connectivity index (χ0) is 25.2. The molecular formula is C30H28FN5O. The lowest BCUT2D eigenvalue weighted by atomic mass is 10.0. The van der Waals surface area contributed by atoms with Crippen LogP contribution in [0.1, 0.15) is 0 Å². The first-order valence-corrected chi connectivity index (χ1v) is 12.6. The molecule has 0 saturated carbocycles. The maximum Gasteiger partial charge on any atom is 0.166 e. The Morgan fingerprint density at radius 2 is 1.41 bits per heavy atom. The second-order valence-corrected chi connectivity index (χ2v) is 9.25. The first kappa shape index (κ1) is 23.3. The van der Waals surface area contributed by atoms with Gasteiger partial charge in [-0.1, -0.05) is 72.8 Å². The summed E-state index contributed by atoms with van der Waals surface area (Å²) in [7, 11) is 0. The Bertz CT molecular complexity index is 1490. The van der Waals surface area contributed by atoms with Gasteiger partial charge in [-0.25, -0.2) is 9.37 Å². The van der Waals surface area contributed by atoms with Crippen LogP contribution in [0.2, 0.25) is 0 Å². The van der Waals surface area contributed by atoms with E-state index in [-0.39, 0.29) is 12.4 Å². The van der Waals surface area contributed by atoms with E-state index in [0.717, 1.165) is 71.3 Å². The summed E-state index contributed by atoms with van der Waals surface area (Å²) in [5.41, 5.74) is 6.16. The van der Waals surface area contributed by atoms with Crippen molar-refractivity contribution in [1.29, 1.82) is 0 Å². The minimum Gasteiger partial charge on any atom is -0.395 e. The third-order valence-electron chi connectivity index (χ3n) is 6.93. The van der Waals surface area contributed by atoms with E-state index in [4.69, 9.17) is 10.1 Å². The molecule has 186 valence electrons. The first-order chi connectivity index (χ1) is 18.2. The first-order valence-electron chi connectivity index (χ1n) is 12.6. The predicted molar refractivity (Wildman–Crippen MR) is 145 cm³/mol. The fourth-order valence-electron chi connectivity index (χ4n) is 5.01. The molecule has 0 unspecified atom stereocenters. The molecule has 3 heterocycles. The van der Waals surface area contributed by atoms with Crippen LogP contribution in [0.5, 0.6) is 0 Å². The van der Waals surface area contributed by atoms with Crippen molar-refractivity contribution >= 4 is 11.5 Å². The number of piperazine rings is 1. The van der Waals surface area contributed by atoms with Crippen molar-refractivity contribution in [1.82, 2.24) is 19.5 Å². The number of β-amino-alcohol motifs (C(OH)–C–C–N with tert-alkyl or cyclic N) is 1. The van der Waals surface area contributed by atoms with Crippen molar-refractivity contribution in [3.63, 3.8) is 0 Å². The van der Waals surface area contributed by atoms with Gasteiger partial charge in [0.1, 0.15) is 17.3 Å². The van der Waals surface area contributed by atoms with Gasteiger partial charge in [-0.2, -0.15) is 9.61 Å². The highest BCUT2D eigenvalue weighted by molar-refractivity contribution is 5.92. The summed E-state index contributed by atoms with van der Waals surface area (Å²) in [6.45, 7) is 4.21. The summed E-state index contributed by atoms with van der Waals surface area (Å²) < 4.78 is 15.8. The summed E-state index contributed by atoms with van der Waals surface area (Å²) in [5.74, 6) is 0.693. The van der Waals surface area contributed by atoms with Gasteiger partial charge in [0.15, 0.2) is 5.65 Å². The van der Waals surface area contributed by atoms with Gasteiger partial charge >= 0.3 is 0 Å². The fourth-order valence-corrected chi connectivity index (χ4v) is 5.01. The topological polar surface area (TPSA) is 56.9 Å². The lowest BCUT2D eigenvalue weighted by molar-refractivity contribution is 0.188. The molecule has 7 heteroatoms. The van der Waals surface area contributed by atoms with Gasteiger partial charge in [-0.3, -0.25) is 4.90 Å². The number of hydrogen-bond donors (Lipinski definition) is 1. The zero-order valence-corrected chi connectivity index (χ0v) is 20.5. The van der Waals surface area contributed by atoms with Crippen molar-refractivity contribution in [3.05, 3.63) is 96.8 Å². The number of halogens is 1. The zero-order valence-electron chi connectivity index (χ0n) is 20.5. The highest BCUT2D eigenvalue weighted by Gasteiger charge is 2.25. The van der Waals surface area contributed by atoms with Gasteiger partial charge in [0.2, 0.25) is 0 Å². The molecule has 1 aliphatic heterocycles. The van der Waals surface area contributed by atoms with E-state index in [9.17, 15) is 9.50 Å². The van der Waals surface area contributed by atoms with Crippen LogP contribution >= 0.6 is 0 Å². The Morgan fingerprint density at radius 1 is 0.757 bits per heavy atom. The van der Waals surface area contributed by atoms with Crippen molar-refractivity contribution in [3.8, 4) is 33.6 Å². The molecule has 2 aromatic heterocycles. The molecule has 1 saturated heterocycles. The van der Waals surface area contributed by atoms with Crippen molar-refractivity contribution in [2.75, 3.05) is 44.2 Å². The standard InChI is InChI=1S/C30H28FN5O/c31-25-13-11-23(12-14-25)28-29(24-9-5-2-6-10-24)33-36-27(35-17-15-34(16-18-35)19-20-37)21-26(32-30(28)36)22-7-3-1-4-8-22/h1-14,21,37H,15-20H2. The monoisotopic (exact) mass is 493 g/mol. The molecule has 0 aliphatic carbocycles. The maximum absolute atomic E-state index is 13.9. The number of benzene rings is 3. The van der Waals surface area contributed by atoms with E-state index < -0.39 is 0 Å². The van der Waals surface area contributed by atoms with Crippen molar-refractivity contribution in [2.24, 2.45) is 0 Å². The van der Waals surface area contributed by atoms with E-state index in [2.05, 4.69) is 28.0 Å². The predicted octanol–water partition coefficient (Wildman–Crippen LogP) is 4.98. The summed E-state index contributed by atoms with van der Waals surface area (Å²) in [5, 5.41) is 14.5. The minimum atomic E-state index is -0.277. The Kier molecular flexibility index (Phi) is 6.39. The number of hydrogen-bond acceptors (Lipinski definition) is 5. The summed E-state index contributed by atoms with van der Waals surface area (Å²) in [4.78, 5) is 9.74. The van der Waals surface area contributed by atoms with Gasteiger partial charge in [0.25, 0.3) is 0 Å². The van der Waals surface area contributed by atoms with Crippen LogP contribution in [0, 0.1) is 5.82 Å². The molecule has 3 aromatic carbocycles. The highest BCUT2D eigenvalue weighted by atomic mass is 19.1. The number of anilines is 1. The smallest absolute Gasteiger partial charge is 0.166 e. The van der Waals surface area contributed by atoms with Crippen LogP contribution in [-0.4, -0.2) is 63.9 Å². The van der Waals surface area contributed by atoms with Crippen LogP contribution in [-0.2, 0) is 0 Å². The Labute approximate surface area is 215 Å². The maximum atomic E-state index is 13.9. The molecule has 5 aromatic rings. The molecule has 37 heavy (non-hydrogen) atoms. The Balaban J connectivity index is 1.59. The van der Waals surface area contributed by atoms with Gasteiger partial charge in [-0.05, 0) is 17.7 Å². The second kappa shape index (κ2) is 10.1. The Hall–Kier alpha value is -4.07. The van der Waals surface area contributed by atoms with E-state index in [1.54, 1.807) is 12.1 Å². The average molecular weight is 494 g/mol. The lowest BCUT2D eigenvalue weighted by Gasteiger charge is -2.35. The van der Waals surface area contributed by atoms with Crippen LogP contribution in [0.15, 0.2) is 91.0 Å². The molecule has 6 nitrogen and oxygen atoms in total. The van der Waals surface area contributed by atoms with Crippen LogP contribution < -0.4 is 4.90 Å². The molecule has 0 spiro atoms. The van der Waals surface area contributed by atoms with Gasteiger partial charge in [0.05, 0.1) is 17.9 Å². The van der Waals surface area contributed by atoms with E-state index in [1.165, 1.54) is 12.1 Å². The number of aliphatic hydroxyl groups is 1. The van der Waals surface area contributed by atoms with Crippen molar-refractivity contribution < 1.29 is 9.50 Å². The molecule has 1 fully saturated rings. The number of nitrogens with zero attached hydrogens (tertiary/aromatic N) is 5. The van der Waals surface area contributed by atoms with Gasteiger partial charge in [0, 0.05) is 49.9 Å². The SMILES string of the molecule is OCCN1CCN(c2cc(-c3ccccc3)nc3c(-c4ccc(F)cc4)c(-c4ccccc4)nn23)CC1. The molecule has 0 radical (unpaired) electrons.